The molecule has 22 heavy (non-hydrogen) atoms. The third-order valence-corrected chi connectivity index (χ3v) is 3.78. The number of para-hydroxylation sites is 1. The highest BCUT2D eigenvalue weighted by atomic mass is 16.3. The number of hydrogen-bond donors (Lipinski definition) is 1. The molecule has 1 heterocycles. The molecule has 3 aromatic rings. The van der Waals surface area contributed by atoms with Crippen LogP contribution in [-0.4, -0.2) is 14.9 Å². The number of benzene rings is 2. The standard InChI is InChI=1S/C19H20N2O/c1-3-7-17-18(15-12-10-14(2)11-13-15)20-21(19(17)22)16-8-5-4-6-9-16/h4-6,8-13,22H,3,7H2,1-2H3. The van der Waals surface area contributed by atoms with Gasteiger partial charge in [0.05, 0.1) is 11.4 Å². The molecule has 3 rings (SSSR count). The maximum atomic E-state index is 10.6. The van der Waals surface area contributed by atoms with E-state index in [9.17, 15) is 5.11 Å². The minimum absolute atomic E-state index is 0.239. The molecule has 0 saturated carbocycles. The fourth-order valence-electron chi connectivity index (χ4n) is 2.61. The number of aromatic hydroxyl groups is 1. The minimum atomic E-state index is 0.239. The highest BCUT2D eigenvalue weighted by Gasteiger charge is 2.18. The van der Waals surface area contributed by atoms with Crippen LogP contribution in [0.1, 0.15) is 24.5 Å². The second kappa shape index (κ2) is 6.06. The lowest BCUT2D eigenvalue weighted by Crippen LogP contribution is -1.95. The minimum Gasteiger partial charge on any atom is -0.493 e. The van der Waals surface area contributed by atoms with Gasteiger partial charge in [0.2, 0.25) is 5.88 Å². The van der Waals surface area contributed by atoms with Crippen molar-refractivity contribution in [3.8, 4) is 22.8 Å². The smallest absolute Gasteiger partial charge is 0.218 e. The van der Waals surface area contributed by atoms with Crippen LogP contribution in [0, 0.1) is 6.92 Å². The van der Waals surface area contributed by atoms with Gasteiger partial charge in [-0.05, 0) is 25.5 Å². The second-order valence-electron chi connectivity index (χ2n) is 5.51. The molecule has 1 aromatic heterocycles. The lowest BCUT2D eigenvalue weighted by molar-refractivity contribution is 0.427. The molecule has 112 valence electrons. The van der Waals surface area contributed by atoms with Crippen LogP contribution in [0.3, 0.4) is 0 Å². The van der Waals surface area contributed by atoms with E-state index in [4.69, 9.17) is 0 Å². The van der Waals surface area contributed by atoms with Crippen molar-refractivity contribution in [3.63, 3.8) is 0 Å². The van der Waals surface area contributed by atoms with E-state index in [2.05, 4.69) is 43.2 Å². The summed E-state index contributed by atoms with van der Waals surface area (Å²) in [4.78, 5) is 0. The molecule has 0 bridgehead atoms. The Morgan fingerprint density at radius 3 is 2.32 bits per heavy atom. The zero-order valence-electron chi connectivity index (χ0n) is 13.0. The molecule has 0 fully saturated rings. The molecule has 0 spiro atoms. The summed E-state index contributed by atoms with van der Waals surface area (Å²) in [6.45, 7) is 4.18. The van der Waals surface area contributed by atoms with E-state index in [0.717, 1.165) is 35.3 Å². The molecular formula is C19H20N2O. The summed E-state index contributed by atoms with van der Waals surface area (Å²) in [5.74, 6) is 0.239. The summed E-state index contributed by atoms with van der Waals surface area (Å²) in [6.07, 6.45) is 1.77. The molecule has 0 aliphatic heterocycles. The molecule has 0 unspecified atom stereocenters. The van der Waals surface area contributed by atoms with Gasteiger partial charge >= 0.3 is 0 Å². The van der Waals surface area contributed by atoms with Gasteiger partial charge in [0, 0.05) is 11.1 Å². The van der Waals surface area contributed by atoms with Crippen LogP contribution in [0.2, 0.25) is 0 Å². The first kappa shape index (κ1) is 14.4. The number of aromatic nitrogens is 2. The van der Waals surface area contributed by atoms with Crippen LogP contribution in [0.4, 0.5) is 0 Å². The van der Waals surface area contributed by atoms with Crippen LogP contribution in [0.15, 0.2) is 54.6 Å². The van der Waals surface area contributed by atoms with Crippen LogP contribution in [0.25, 0.3) is 16.9 Å². The summed E-state index contributed by atoms with van der Waals surface area (Å²) < 4.78 is 1.63. The Bertz CT molecular complexity index is 758. The first-order valence-corrected chi connectivity index (χ1v) is 7.64. The maximum absolute atomic E-state index is 10.6. The van der Waals surface area contributed by atoms with E-state index in [1.54, 1.807) is 4.68 Å². The largest absolute Gasteiger partial charge is 0.493 e. The van der Waals surface area contributed by atoms with Crippen molar-refractivity contribution in [2.75, 3.05) is 0 Å². The van der Waals surface area contributed by atoms with Gasteiger partial charge in [-0.25, -0.2) is 4.68 Å². The van der Waals surface area contributed by atoms with E-state index in [1.807, 2.05) is 30.3 Å². The summed E-state index contributed by atoms with van der Waals surface area (Å²) in [7, 11) is 0. The molecule has 0 radical (unpaired) electrons. The molecule has 0 saturated heterocycles. The monoisotopic (exact) mass is 292 g/mol. The predicted octanol–water partition coefficient (Wildman–Crippen LogP) is 4.51. The van der Waals surface area contributed by atoms with Crippen LogP contribution in [0.5, 0.6) is 5.88 Å². The van der Waals surface area contributed by atoms with Crippen molar-refractivity contribution in [2.24, 2.45) is 0 Å². The topological polar surface area (TPSA) is 38.0 Å². The number of hydrogen-bond acceptors (Lipinski definition) is 2. The molecule has 3 heteroatoms. The molecule has 0 aliphatic carbocycles. The third-order valence-electron chi connectivity index (χ3n) is 3.78. The van der Waals surface area contributed by atoms with Gasteiger partial charge in [0.15, 0.2) is 0 Å². The zero-order chi connectivity index (χ0) is 15.5. The molecule has 0 aliphatic rings. The van der Waals surface area contributed by atoms with E-state index in [0.29, 0.717) is 0 Å². The van der Waals surface area contributed by atoms with Crippen molar-refractivity contribution in [2.45, 2.75) is 26.7 Å². The third kappa shape index (κ3) is 2.62. The highest BCUT2D eigenvalue weighted by molar-refractivity contribution is 5.66. The Morgan fingerprint density at radius 1 is 1.00 bits per heavy atom. The quantitative estimate of drug-likeness (QED) is 0.768. The molecule has 0 amide bonds. The van der Waals surface area contributed by atoms with Gasteiger partial charge in [-0.2, -0.15) is 5.10 Å². The molecule has 1 N–H and O–H groups in total. The lowest BCUT2D eigenvalue weighted by Gasteiger charge is -2.02. The first-order valence-electron chi connectivity index (χ1n) is 7.64. The second-order valence-corrected chi connectivity index (χ2v) is 5.51. The Hall–Kier alpha value is -2.55. The normalized spacial score (nSPS) is 10.8. The average Bonchev–Trinajstić information content (AvgIpc) is 2.87. The van der Waals surface area contributed by atoms with Gasteiger partial charge in [-0.3, -0.25) is 0 Å². The van der Waals surface area contributed by atoms with Crippen molar-refractivity contribution < 1.29 is 5.11 Å². The predicted molar refractivity (Wildman–Crippen MR) is 89.4 cm³/mol. The van der Waals surface area contributed by atoms with E-state index < -0.39 is 0 Å². The van der Waals surface area contributed by atoms with Crippen LogP contribution < -0.4 is 0 Å². The van der Waals surface area contributed by atoms with Crippen LogP contribution in [-0.2, 0) is 6.42 Å². The summed E-state index contributed by atoms with van der Waals surface area (Å²) in [6, 6.07) is 18.0. The molecular weight excluding hydrogens is 272 g/mol. The van der Waals surface area contributed by atoms with Gasteiger partial charge < -0.3 is 5.11 Å². The Labute approximate surface area is 130 Å². The SMILES string of the molecule is CCCc1c(-c2ccc(C)cc2)nn(-c2ccccc2)c1O. The average molecular weight is 292 g/mol. The van der Waals surface area contributed by atoms with Crippen molar-refractivity contribution >= 4 is 0 Å². The van der Waals surface area contributed by atoms with Gasteiger partial charge in [-0.15, -0.1) is 0 Å². The number of nitrogens with zero attached hydrogens (tertiary/aromatic N) is 2. The maximum Gasteiger partial charge on any atom is 0.218 e. The van der Waals surface area contributed by atoms with E-state index in [1.165, 1.54) is 5.56 Å². The van der Waals surface area contributed by atoms with Gasteiger partial charge in [0.25, 0.3) is 0 Å². The molecule has 0 atom stereocenters. The summed E-state index contributed by atoms with van der Waals surface area (Å²) >= 11 is 0. The first-order chi connectivity index (χ1) is 10.7. The zero-order valence-corrected chi connectivity index (χ0v) is 13.0. The Balaban J connectivity index is 2.15. The van der Waals surface area contributed by atoms with Crippen molar-refractivity contribution in [1.82, 2.24) is 9.78 Å². The summed E-state index contributed by atoms with van der Waals surface area (Å²) in [5.41, 5.74) is 4.90. The van der Waals surface area contributed by atoms with E-state index >= 15 is 0 Å². The van der Waals surface area contributed by atoms with E-state index in [-0.39, 0.29) is 5.88 Å². The Kier molecular flexibility index (Phi) is 3.96. The number of aryl methyl sites for hydroxylation is 1. The van der Waals surface area contributed by atoms with Crippen LogP contribution >= 0.6 is 0 Å². The van der Waals surface area contributed by atoms with Gasteiger partial charge in [-0.1, -0.05) is 61.4 Å². The molecule has 3 nitrogen and oxygen atoms in total. The Morgan fingerprint density at radius 2 is 1.68 bits per heavy atom. The fraction of sp³-hybridized carbons (Fsp3) is 0.211. The lowest BCUT2D eigenvalue weighted by atomic mass is 10.0. The summed E-state index contributed by atoms with van der Waals surface area (Å²) in [5, 5.41) is 15.3. The van der Waals surface area contributed by atoms with Gasteiger partial charge in [0.1, 0.15) is 0 Å². The molecule has 2 aromatic carbocycles. The highest BCUT2D eigenvalue weighted by Crippen LogP contribution is 2.32. The number of rotatable bonds is 4. The van der Waals surface area contributed by atoms with Crippen molar-refractivity contribution in [1.29, 1.82) is 0 Å². The fourth-order valence-corrected chi connectivity index (χ4v) is 2.61. The van der Waals surface area contributed by atoms with Crippen molar-refractivity contribution in [3.05, 3.63) is 65.7 Å².